The molecule has 1 aliphatic heterocycles. The summed E-state index contributed by atoms with van der Waals surface area (Å²) in [5.74, 6) is -0.594. The predicted octanol–water partition coefficient (Wildman–Crippen LogP) is 4.27. The lowest BCUT2D eigenvalue weighted by molar-refractivity contribution is 0.0526. The van der Waals surface area contributed by atoms with E-state index in [0.717, 1.165) is 50.5 Å². The normalized spacial score (nSPS) is 16.8. The number of nitrogens with zero attached hydrogens (tertiary/aromatic N) is 1. The number of benzene rings is 1. The lowest BCUT2D eigenvalue weighted by atomic mass is 10.1. The monoisotopic (exact) mass is 490 g/mol. The summed E-state index contributed by atoms with van der Waals surface area (Å²) in [6, 6.07) is 6.26. The number of hydrogen-bond donors (Lipinski definition) is 1. The van der Waals surface area contributed by atoms with Crippen molar-refractivity contribution in [1.82, 2.24) is 4.31 Å². The van der Waals surface area contributed by atoms with Gasteiger partial charge in [0, 0.05) is 23.5 Å². The lowest BCUT2D eigenvalue weighted by Crippen LogP contribution is -2.32. The fraction of sp³-hybridized carbons (Fsp3) is 0.500. The number of rotatable bonds is 8. The Balaban J connectivity index is 1.50. The van der Waals surface area contributed by atoms with Crippen molar-refractivity contribution in [3.63, 3.8) is 0 Å². The van der Waals surface area contributed by atoms with Crippen molar-refractivity contribution in [3.05, 3.63) is 45.8 Å². The molecule has 0 unspecified atom stereocenters. The number of anilines is 1. The first kappa shape index (κ1) is 23.9. The Morgan fingerprint density at radius 1 is 1.09 bits per heavy atom. The molecule has 1 saturated heterocycles. The molecule has 178 valence electrons. The summed E-state index contributed by atoms with van der Waals surface area (Å²) in [4.78, 5) is 26.8. The van der Waals surface area contributed by atoms with Gasteiger partial charge in [-0.2, -0.15) is 4.31 Å². The van der Waals surface area contributed by atoms with Crippen LogP contribution in [0.1, 0.15) is 70.2 Å². The third kappa shape index (κ3) is 5.15. The van der Waals surface area contributed by atoms with Crippen molar-refractivity contribution in [3.8, 4) is 0 Å². The van der Waals surface area contributed by atoms with Gasteiger partial charge < -0.3 is 10.1 Å². The average Bonchev–Trinajstić information content (AvgIpc) is 3.27. The fourth-order valence-electron chi connectivity index (χ4n) is 4.47. The first-order chi connectivity index (χ1) is 15.9. The highest BCUT2D eigenvalue weighted by molar-refractivity contribution is 7.89. The van der Waals surface area contributed by atoms with E-state index in [1.54, 1.807) is 25.1 Å². The van der Waals surface area contributed by atoms with Gasteiger partial charge in [-0.25, -0.2) is 13.2 Å². The predicted molar refractivity (Wildman–Crippen MR) is 129 cm³/mol. The molecule has 1 N–H and O–H groups in total. The number of fused-ring (bicyclic) bond motifs is 1. The summed E-state index contributed by atoms with van der Waals surface area (Å²) >= 11 is 1.50. The van der Waals surface area contributed by atoms with E-state index in [0.29, 0.717) is 35.8 Å². The Kier molecular flexibility index (Phi) is 7.51. The fourth-order valence-corrected chi connectivity index (χ4v) is 7.31. The Bertz CT molecular complexity index is 1130. The Morgan fingerprint density at radius 2 is 1.85 bits per heavy atom. The van der Waals surface area contributed by atoms with Crippen molar-refractivity contribution in [2.24, 2.45) is 0 Å². The number of carbonyl (C=O) groups excluding carboxylic acids is 2. The van der Waals surface area contributed by atoms with Gasteiger partial charge >= 0.3 is 5.97 Å². The minimum Gasteiger partial charge on any atom is -0.462 e. The number of ether oxygens (including phenoxy) is 1. The lowest BCUT2D eigenvalue weighted by Gasteiger charge is -2.20. The maximum Gasteiger partial charge on any atom is 0.341 e. The molecule has 1 aromatic heterocycles. The van der Waals surface area contributed by atoms with Crippen LogP contribution < -0.4 is 5.32 Å². The molecule has 0 saturated carbocycles. The van der Waals surface area contributed by atoms with Crippen molar-refractivity contribution >= 4 is 38.1 Å². The average molecular weight is 491 g/mol. The van der Waals surface area contributed by atoms with Gasteiger partial charge in [-0.05, 0) is 56.7 Å². The van der Waals surface area contributed by atoms with Crippen LogP contribution in [0.25, 0.3) is 0 Å². The third-order valence-electron chi connectivity index (χ3n) is 6.17. The molecule has 0 bridgehead atoms. The number of thiophene rings is 1. The highest BCUT2D eigenvalue weighted by atomic mass is 32.2. The summed E-state index contributed by atoms with van der Waals surface area (Å²) in [5.41, 5.74) is 1.90. The van der Waals surface area contributed by atoms with Crippen LogP contribution in [0.5, 0.6) is 0 Å². The summed E-state index contributed by atoms with van der Waals surface area (Å²) in [7, 11) is -3.63. The Hall–Kier alpha value is -2.23. The van der Waals surface area contributed by atoms with Crippen LogP contribution in [0.15, 0.2) is 29.2 Å². The van der Waals surface area contributed by atoms with Gasteiger partial charge in [-0.3, -0.25) is 4.79 Å². The number of sulfonamides is 1. The van der Waals surface area contributed by atoms with Crippen molar-refractivity contribution in [2.45, 2.75) is 56.8 Å². The molecule has 1 aliphatic carbocycles. The number of carbonyl (C=O) groups is 2. The second-order valence-electron chi connectivity index (χ2n) is 8.40. The van der Waals surface area contributed by atoms with E-state index >= 15 is 0 Å². The van der Waals surface area contributed by atoms with E-state index in [9.17, 15) is 18.0 Å². The molecule has 0 radical (unpaired) electrons. The van der Waals surface area contributed by atoms with Gasteiger partial charge in [0.1, 0.15) is 5.00 Å². The zero-order valence-electron chi connectivity index (χ0n) is 18.9. The quantitative estimate of drug-likeness (QED) is 0.439. The van der Waals surface area contributed by atoms with Gasteiger partial charge in [0.2, 0.25) is 10.0 Å². The largest absolute Gasteiger partial charge is 0.462 e. The van der Waals surface area contributed by atoms with Crippen LogP contribution in [0, 0.1) is 0 Å². The smallest absolute Gasteiger partial charge is 0.341 e. The molecule has 9 heteroatoms. The van der Waals surface area contributed by atoms with Gasteiger partial charge in [0.05, 0.1) is 23.6 Å². The van der Waals surface area contributed by atoms with Gasteiger partial charge in [0.15, 0.2) is 5.78 Å². The molecule has 1 fully saturated rings. The minimum absolute atomic E-state index is 0.0288. The van der Waals surface area contributed by atoms with Gasteiger partial charge in [0.25, 0.3) is 0 Å². The first-order valence-corrected chi connectivity index (χ1v) is 13.9. The van der Waals surface area contributed by atoms with Crippen LogP contribution in [-0.2, 0) is 27.6 Å². The highest BCUT2D eigenvalue weighted by Crippen LogP contribution is 2.39. The number of Topliss-reactive ketones (excluding diaryl/α,β-unsaturated/α-hetero) is 1. The molecule has 2 aromatic rings. The van der Waals surface area contributed by atoms with Crippen molar-refractivity contribution in [1.29, 1.82) is 0 Å². The number of esters is 1. The number of nitrogens with one attached hydrogen (secondary N) is 1. The van der Waals surface area contributed by atoms with Gasteiger partial charge in [-0.15, -0.1) is 11.3 Å². The van der Waals surface area contributed by atoms with E-state index in [1.807, 2.05) is 0 Å². The van der Waals surface area contributed by atoms with E-state index < -0.39 is 10.0 Å². The molecule has 2 heterocycles. The molecule has 1 aromatic carbocycles. The van der Waals surface area contributed by atoms with Crippen molar-refractivity contribution in [2.75, 3.05) is 31.6 Å². The Morgan fingerprint density at radius 3 is 2.58 bits per heavy atom. The summed E-state index contributed by atoms with van der Waals surface area (Å²) in [5, 5.41) is 3.77. The molecule has 33 heavy (non-hydrogen) atoms. The van der Waals surface area contributed by atoms with Crippen LogP contribution in [0.4, 0.5) is 5.00 Å². The molecule has 7 nitrogen and oxygen atoms in total. The zero-order chi connectivity index (χ0) is 23.4. The van der Waals surface area contributed by atoms with Crippen molar-refractivity contribution < 1.29 is 22.7 Å². The molecule has 2 aliphatic rings. The summed E-state index contributed by atoms with van der Waals surface area (Å²) in [6.45, 7) is 3.07. The molecule has 4 rings (SSSR count). The van der Waals surface area contributed by atoms with Crippen LogP contribution in [-0.4, -0.2) is 50.7 Å². The molecule has 0 atom stereocenters. The standard InChI is InChI=1S/C24H30N2O5S2/c1-2-31-24(28)22-19-11-8-12-21(19)32-23(22)25-16-20(27)17-9-7-10-18(15-17)33(29,30)26-13-5-3-4-6-14-26/h7,9-10,15,25H,2-6,8,11-14,16H2,1H3. The third-order valence-corrected chi connectivity index (χ3v) is 9.31. The van der Waals surface area contributed by atoms with Gasteiger partial charge in [-0.1, -0.05) is 25.0 Å². The number of ketones is 1. The number of hydrogen-bond acceptors (Lipinski definition) is 7. The molecular formula is C24H30N2O5S2. The van der Waals surface area contributed by atoms with E-state index in [4.69, 9.17) is 4.74 Å². The minimum atomic E-state index is -3.63. The van der Waals surface area contributed by atoms with E-state index in [1.165, 1.54) is 26.6 Å². The van der Waals surface area contributed by atoms with Crippen LogP contribution >= 0.6 is 11.3 Å². The highest BCUT2D eigenvalue weighted by Gasteiger charge is 2.28. The summed E-state index contributed by atoms with van der Waals surface area (Å²) in [6.07, 6.45) is 6.58. The topological polar surface area (TPSA) is 92.8 Å². The first-order valence-electron chi connectivity index (χ1n) is 11.6. The van der Waals surface area contributed by atoms with E-state index in [-0.39, 0.29) is 23.2 Å². The zero-order valence-corrected chi connectivity index (χ0v) is 20.5. The molecule has 0 spiro atoms. The molecular weight excluding hydrogens is 460 g/mol. The number of aryl methyl sites for hydroxylation is 1. The SMILES string of the molecule is CCOC(=O)c1c(NCC(=O)c2cccc(S(=O)(=O)N3CCCCCC3)c2)sc2c1CCC2. The second-order valence-corrected chi connectivity index (χ2v) is 11.4. The van der Waals surface area contributed by atoms with E-state index in [2.05, 4.69) is 5.32 Å². The van der Waals surface area contributed by atoms with Crippen LogP contribution in [0.2, 0.25) is 0 Å². The molecule has 0 amide bonds. The van der Waals surface area contributed by atoms with Crippen LogP contribution in [0.3, 0.4) is 0 Å². The second kappa shape index (κ2) is 10.4. The maximum atomic E-state index is 13.1. The maximum absolute atomic E-state index is 13.1. The summed E-state index contributed by atoms with van der Waals surface area (Å²) < 4.78 is 33.0. The Labute approximate surface area is 199 Å².